The van der Waals surface area contributed by atoms with Gasteiger partial charge >= 0.3 is 12.1 Å². The van der Waals surface area contributed by atoms with Crippen molar-refractivity contribution < 1.29 is 27.5 Å². The number of ether oxygens (including phenoxy) is 1. The Balaban J connectivity index is 2.24. The lowest BCUT2D eigenvalue weighted by Gasteiger charge is -2.26. The molecule has 0 atom stereocenters. The van der Waals surface area contributed by atoms with Crippen LogP contribution in [0.1, 0.15) is 25.7 Å². The number of rotatable bonds is 3. The highest BCUT2D eigenvalue weighted by atomic mass is 19.4. The quantitative estimate of drug-likeness (QED) is 0.729. The van der Waals surface area contributed by atoms with Crippen molar-refractivity contribution in [2.75, 3.05) is 6.61 Å². The van der Waals surface area contributed by atoms with Gasteiger partial charge in [-0.1, -0.05) is 0 Å². The zero-order valence-corrected chi connectivity index (χ0v) is 9.63. The number of hydrogen-bond donors (Lipinski definition) is 2. The minimum atomic E-state index is -5.07. The molecule has 1 saturated carbocycles. The van der Waals surface area contributed by atoms with Gasteiger partial charge in [0.2, 0.25) is 0 Å². The molecular formula is C10H15F3N2O3. The first kappa shape index (κ1) is 14.7. The van der Waals surface area contributed by atoms with Crippen molar-refractivity contribution >= 4 is 11.9 Å². The molecular weight excluding hydrogens is 253 g/mol. The molecule has 5 nitrogen and oxygen atoms in total. The van der Waals surface area contributed by atoms with Crippen molar-refractivity contribution in [3.8, 4) is 0 Å². The summed E-state index contributed by atoms with van der Waals surface area (Å²) < 4.78 is 39.2. The van der Waals surface area contributed by atoms with Gasteiger partial charge in [0.1, 0.15) is 0 Å². The molecule has 0 aliphatic heterocycles. The number of carbonyl (C=O) groups is 2. The van der Waals surface area contributed by atoms with Gasteiger partial charge in [-0.3, -0.25) is 4.79 Å². The Morgan fingerprint density at radius 1 is 1.22 bits per heavy atom. The van der Waals surface area contributed by atoms with E-state index in [2.05, 4.69) is 10.1 Å². The zero-order valence-electron chi connectivity index (χ0n) is 9.63. The molecule has 0 aromatic carbocycles. The second-order valence-corrected chi connectivity index (χ2v) is 4.25. The van der Waals surface area contributed by atoms with E-state index in [0.29, 0.717) is 12.8 Å². The number of amides is 1. The summed E-state index contributed by atoms with van der Waals surface area (Å²) in [4.78, 5) is 21.6. The molecule has 8 heteroatoms. The highest BCUT2D eigenvalue weighted by molar-refractivity contribution is 5.82. The summed E-state index contributed by atoms with van der Waals surface area (Å²) in [5.74, 6) is -3.09. The first-order chi connectivity index (χ1) is 8.29. The lowest BCUT2D eigenvalue weighted by molar-refractivity contribution is -0.200. The third-order valence-corrected chi connectivity index (χ3v) is 2.70. The standard InChI is InChI=1S/C10H15F3N2O3/c11-10(12,13)9(17)18-5-8(16)15-7-3-1-6(14)2-4-7/h6-7H,1-5,14H2,(H,15,16). The van der Waals surface area contributed by atoms with E-state index in [1.165, 1.54) is 0 Å². The monoisotopic (exact) mass is 268 g/mol. The third-order valence-electron chi connectivity index (χ3n) is 2.70. The normalized spacial score (nSPS) is 24.4. The van der Waals surface area contributed by atoms with Gasteiger partial charge < -0.3 is 15.8 Å². The second-order valence-electron chi connectivity index (χ2n) is 4.25. The molecule has 1 amide bonds. The van der Waals surface area contributed by atoms with Crippen LogP contribution in [0.15, 0.2) is 0 Å². The van der Waals surface area contributed by atoms with Crippen molar-refractivity contribution in [2.45, 2.75) is 43.9 Å². The fraction of sp³-hybridized carbons (Fsp3) is 0.800. The Morgan fingerprint density at radius 2 is 1.78 bits per heavy atom. The number of esters is 1. The largest absolute Gasteiger partial charge is 0.490 e. The average molecular weight is 268 g/mol. The van der Waals surface area contributed by atoms with Crippen LogP contribution in [0, 0.1) is 0 Å². The van der Waals surface area contributed by atoms with Crippen LogP contribution in [-0.2, 0) is 14.3 Å². The summed E-state index contributed by atoms with van der Waals surface area (Å²) in [6, 6.07) is 0.00287. The van der Waals surface area contributed by atoms with Gasteiger partial charge in [-0.25, -0.2) is 4.79 Å². The first-order valence-electron chi connectivity index (χ1n) is 5.58. The van der Waals surface area contributed by atoms with Crippen molar-refractivity contribution in [1.82, 2.24) is 5.32 Å². The lowest BCUT2D eigenvalue weighted by Crippen LogP contribution is -2.42. The molecule has 0 heterocycles. The van der Waals surface area contributed by atoms with E-state index < -0.39 is 24.7 Å². The number of alkyl halides is 3. The molecule has 1 aliphatic rings. The fourth-order valence-electron chi connectivity index (χ4n) is 1.75. The molecule has 0 aromatic rings. The van der Waals surface area contributed by atoms with Gasteiger partial charge in [0, 0.05) is 12.1 Å². The highest BCUT2D eigenvalue weighted by Gasteiger charge is 2.41. The van der Waals surface area contributed by atoms with Crippen LogP contribution in [0.4, 0.5) is 13.2 Å². The van der Waals surface area contributed by atoms with Crippen LogP contribution < -0.4 is 11.1 Å². The molecule has 3 N–H and O–H groups in total. The molecule has 0 saturated heterocycles. The van der Waals surface area contributed by atoms with Crippen molar-refractivity contribution in [2.24, 2.45) is 5.73 Å². The molecule has 0 bridgehead atoms. The maximum Gasteiger partial charge on any atom is 0.490 e. The van der Waals surface area contributed by atoms with Gasteiger partial charge in [0.15, 0.2) is 6.61 Å². The second kappa shape index (κ2) is 6.03. The van der Waals surface area contributed by atoms with E-state index in [1.54, 1.807) is 0 Å². The molecule has 1 fully saturated rings. The summed E-state index contributed by atoms with van der Waals surface area (Å²) in [6.45, 7) is -0.916. The average Bonchev–Trinajstić information content (AvgIpc) is 2.28. The van der Waals surface area contributed by atoms with Crippen LogP contribution in [0.5, 0.6) is 0 Å². The van der Waals surface area contributed by atoms with E-state index in [4.69, 9.17) is 5.73 Å². The number of halogens is 3. The van der Waals surface area contributed by atoms with Crippen LogP contribution in [0.3, 0.4) is 0 Å². The summed E-state index contributed by atoms with van der Waals surface area (Å²) in [5, 5.41) is 2.51. The molecule has 0 radical (unpaired) electrons. The molecule has 0 unspecified atom stereocenters. The number of nitrogens with two attached hydrogens (primary N) is 1. The summed E-state index contributed by atoms with van der Waals surface area (Å²) in [7, 11) is 0. The van der Waals surface area contributed by atoms with Gasteiger partial charge in [-0.15, -0.1) is 0 Å². The number of hydrogen-bond acceptors (Lipinski definition) is 4. The van der Waals surface area contributed by atoms with E-state index in [0.717, 1.165) is 12.8 Å². The fourth-order valence-corrected chi connectivity index (χ4v) is 1.75. The Kier molecular flexibility index (Phi) is 4.94. The maximum absolute atomic E-state index is 11.8. The van der Waals surface area contributed by atoms with Gasteiger partial charge in [0.25, 0.3) is 5.91 Å². The minimum absolute atomic E-state index is 0.109. The summed E-state index contributed by atoms with van der Waals surface area (Å²) in [5.41, 5.74) is 5.67. The highest BCUT2D eigenvalue weighted by Crippen LogP contribution is 2.17. The number of nitrogens with one attached hydrogen (secondary N) is 1. The smallest absolute Gasteiger partial charge is 0.449 e. The van der Waals surface area contributed by atoms with Crippen molar-refractivity contribution in [3.05, 3.63) is 0 Å². The van der Waals surface area contributed by atoms with Crippen LogP contribution in [0.2, 0.25) is 0 Å². The summed E-state index contributed by atoms with van der Waals surface area (Å²) >= 11 is 0. The molecule has 104 valence electrons. The lowest BCUT2D eigenvalue weighted by atomic mass is 9.92. The Hall–Kier alpha value is -1.31. The third kappa shape index (κ3) is 4.91. The minimum Gasteiger partial charge on any atom is -0.449 e. The van der Waals surface area contributed by atoms with Crippen LogP contribution in [-0.4, -0.2) is 36.7 Å². The van der Waals surface area contributed by atoms with Crippen LogP contribution in [0.25, 0.3) is 0 Å². The van der Waals surface area contributed by atoms with E-state index in [-0.39, 0.29) is 12.1 Å². The topological polar surface area (TPSA) is 81.4 Å². The van der Waals surface area contributed by atoms with Gasteiger partial charge in [0.05, 0.1) is 0 Å². The van der Waals surface area contributed by atoms with E-state index in [1.807, 2.05) is 0 Å². The molecule has 1 rings (SSSR count). The Bertz CT molecular complexity index is 312. The van der Waals surface area contributed by atoms with Crippen LogP contribution >= 0.6 is 0 Å². The predicted molar refractivity (Wildman–Crippen MR) is 55.4 cm³/mol. The summed E-state index contributed by atoms with van der Waals surface area (Å²) in [6.07, 6.45) is -2.20. The maximum atomic E-state index is 11.8. The Morgan fingerprint density at radius 3 is 2.28 bits per heavy atom. The molecule has 0 aromatic heterocycles. The van der Waals surface area contributed by atoms with E-state index in [9.17, 15) is 22.8 Å². The SMILES string of the molecule is NC1CCC(NC(=O)COC(=O)C(F)(F)F)CC1. The van der Waals surface area contributed by atoms with Gasteiger partial charge in [-0.05, 0) is 25.7 Å². The van der Waals surface area contributed by atoms with Crippen molar-refractivity contribution in [3.63, 3.8) is 0 Å². The van der Waals surface area contributed by atoms with Gasteiger partial charge in [-0.2, -0.15) is 13.2 Å². The molecule has 1 aliphatic carbocycles. The zero-order chi connectivity index (χ0) is 13.8. The predicted octanol–water partition coefficient (Wildman–Crippen LogP) is 0.478. The van der Waals surface area contributed by atoms with Crippen molar-refractivity contribution in [1.29, 1.82) is 0 Å². The van der Waals surface area contributed by atoms with E-state index >= 15 is 0 Å². The number of carbonyl (C=O) groups excluding carboxylic acids is 2. The first-order valence-corrected chi connectivity index (χ1v) is 5.58. The molecule has 18 heavy (non-hydrogen) atoms. The molecule has 0 spiro atoms. The Labute approximate surface area is 102 Å².